The second kappa shape index (κ2) is 5.90. The van der Waals surface area contributed by atoms with Crippen molar-refractivity contribution in [1.82, 2.24) is 9.38 Å². The van der Waals surface area contributed by atoms with Gasteiger partial charge < -0.3 is 4.42 Å². The third kappa shape index (κ3) is 2.57. The topological polar surface area (TPSA) is 47.5 Å². The van der Waals surface area contributed by atoms with Crippen molar-refractivity contribution < 1.29 is 13.6 Å². The van der Waals surface area contributed by atoms with Crippen LogP contribution in [0.1, 0.15) is 16.2 Å². The van der Waals surface area contributed by atoms with Crippen molar-refractivity contribution in [2.24, 2.45) is 0 Å². The highest BCUT2D eigenvalue weighted by atomic mass is 32.1. The molecule has 118 valence electrons. The Morgan fingerprint density at radius 2 is 2.08 bits per heavy atom. The van der Waals surface area contributed by atoms with Gasteiger partial charge in [-0.05, 0) is 48.6 Å². The Morgan fingerprint density at radius 3 is 2.83 bits per heavy atom. The highest BCUT2D eigenvalue weighted by Gasteiger charge is 2.14. The van der Waals surface area contributed by atoms with E-state index >= 15 is 0 Å². The minimum absolute atomic E-state index is 0.227. The lowest BCUT2D eigenvalue weighted by molar-refractivity contribution is 0.102. The number of furan rings is 1. The molecule has 1 aromatic carbocycles. The molecule has 0 aliphatic rings. The van der Waals surface area contributed by atoms with Crippen molar-refractivity contribution in [2.45, 2.75) is 0 Å². The third-order valence-electron chi connectivity index (χ3n) is 3.57. The Morgan fingerprint density at radius 1 is 1.25 bits per heavy atom. The van der Waals surface area contributed by atoms with E-state index in [4.69, 9.17) is 4.42 Å². The first-order valence-electron chi connectivity index (χ1n) is 7.20. The summed E-state index contributed by atoms with van der Waals surface area (Å²) in [6.45, 7) is 0. The lowest BCUT2D eigenvalue weighted by Gasteiger charge is -2.00. The summed E-state index contributed by atoms with van der Waals surface area (Å²) in [4.78, 5) is 17.5. The quantitative estimate of drug-likeness (QED) is 0.400. The summed E-state index contributed by atoms with van der Waals surface area (Å²) in [5.41, 5.74) is 2.25. The molecule has 0 saturated heterocycles. The maximum Gasteiger partial charge on any atom is 0.221 e. The van der Waals surface area contributed by atoms with Crippen LogP contribution < -0.4 is 0 Å². The van der Waals surface area contributed by atoms with Crippen molar-refractivity contribution >= 4 is 28.2 Å². The summed E-state index contributed by atoms with van der Waals surface area (Å²) in [7, 11) is 0. The van der Waals surface area contributed by atoms with Gasteiger partial charge in [-0.15, -0.1) is 11.3 Å². The minimum atomic E-state index is -0.301. The number of carbonyl (C=O) groups is 1. The molecule has 4 nitrogen and oxygen atoms in total. The van der Waals surface area contributed by atoms with E-state index in [0.29, 0.717) is 5.69 Å². The largest absolute Gasteiger partial charge is 0.461 e. The second-order valence-electron chi connectivity index (χ2n) is 5.08. The number of halogens is 1. The molecule has 0 unspecified atom stereocenters. The molecule has 0 fully saturated rings. The molecule has 0 amide bonds. The molecule has 4 aromatic rings. The predicted molar refractivity (Wildman–Crippen MR) is 90.5 cm³/mol. The number of thiazole rings is 1. The van der Waals surface area contributed by atoms with Gasteiger partial charge in [0.15, 0.2) is 10.7 Å². The van der Waals surface area contributed by atoms with E-state index < -0.39 is 0 Å². The molecule has 3 aromatic heterocycles. The monoisotopic (exact) mass is 338 g/mol. The van der Waals surface area contributed by atoms with Gasteiger partial charge in [0.05, 0.1) is 17.7 Å². The highest BCUT2D eigenvalue weighted by Crippen LogP contribution is 2.28. The zero-order chi connectivity index (χ0) is 16.5. The lowest BCUT2D eigenvalue weighted by Crippen LogP contribution is -1.92. The van der Waals surface area contributed by atoms with Gasteiger partial charge in [-0.25, -0.2) is 9.37 Å². The SMILES string of the molecule is O=C(/C=C/c1c(-c2ccc(F)cc2)nc2sccn12)c1ccco1. The van der Waals surface area contributed by atoms with Gasteiger partial charge >= 0.3 is 0 Å². The number of ketones is 1. The molecule has 0 atom stereocenters. The smallest absolute Gasteiger partial charge is 0.221 e. The normalized spacial score (nSPS) is 11.5. The number of carbonyl (C=O) groups excluding carboxylic acids is 1. The maximum absolute atomic E-state index is 13.2. The fraction of sp³-hybridized carbons (Fsp3) is 0. The molecule has 0 N–H and O–H groups in total. The summed E-state index contributed by atoms with van der Waals surface area (Å²) >= 11 is 1.49. The molecule has 0 spiro atoms. The second-order valence-corrected chi connectivity index (χ2v) is 5.96. The van der Waals surface area contributed by atoms with E-state index in [-0.39, 0.29) is 17.4 Å². The standard InChI is InChI=1S/C18H11FN2O2S/c19-13-5-3-12(4-6-13)17-14(21-9-11-24-18(21)20-17)7-8-15(22)16-2-1-10-23-16/h1-11H/b8-7+. The van der Waals surface area contributed by atoms with Crippen molar-refractivity contribution in [1.29, 1.82) is 0 Å². The summed E-state index contributed by atoms with van der Waals surface area (Å²) < 4.78 is 20.2. The van der Waals surface area contributed by atoms with Gasteiger partial charge in [0, 0.05) is 17.1 Å². The molecule has 24 heavy (non-hydrogen) atoms. The van der Waals surface area contributed by atoms with Crippen molar-refractivity contribution in [2.75, 3.05) is 0 Å². The van der Waals surface area contributed by atoms with E-state index in [9.17, 15) is 9.18 Å². The van der Waals surface area contributed by atoms with Gasteiger partial charge in [0.25, 0.3) is 0 Å². The summed E-state index contributed by atoms with van der Waals surface area (Å²) in [6, 6.07) is 9.42. The van der Waals surface area contributed by atoms with Crippen molar-refractivity contribution in [3.8, 4) is 11.3 Å². The predicted octanol–water partition coefficient (Wildman–Crippen LogP) is 4.69. The molecule has 0 aliphatic carbocycles. The van der Waals surface area contributed by atoms with Crippen LogP contribution in [-0.2, 0) is 0 Å². The van der Waals surface area contributed by atoms with Crippen molar-refractivity contribution in [3.05, 3.63) is 77.6 Å². The van der Waals surface area contributed by atoms with E-state index in [1.807, 2.05) is 16.0 Å². The molecule has 3 heterocycles. The van der Waals surface area contributed by atoms with Crippen LogP contribution >= 0.6 is 11.3 Å². The Balaban J connectivity index is 1.78. The van der Waals surface area contributed by atoms with Gasteiger partial charge in [0.2, 0.25) is 5.78 Å². The Hall–Kier alpha value is -2.99. The summed E-state index contributed by atoms with van der Waals surface area (Å²) in [5, 5.41) is 1.92. The maximum atomic E-state index is 13.2. The van der Waals surface area contributed by atoms with Crippen LogP contribution in [0.4, 0.5) is 4.39 Å². The zero-order valence-electron chi connectivity index (χ0n) is 12.3. The molecule has 4 rings (SSSR count). The Kier molecular flexibility index (Phi) is 3.59. The summed E-state index contributed by atoms with van der Waals surface area (Å²) in [5.74, 6) is -0.249. The number of benzene rings is 1. The van der Waals surface area contributed by atoms with E-state index in [1.165, 1.54) is 35.8 Å². The highest BCUT2D eigenvalue weighted by molar-refractivity contribution is 7.15. The van der Waals surface area contributed by atoms with Crippen LogP contribution in [0.5, 0.6) is 0 Å². The molecule has 0 bridgehead atoms. The van der Waals surface area contributed by atoms with Crippen molar-refractivity contribution in [3.63, 3.8) is 0 Å². The van der Waals surface area contributed by atoms with E-state index in [1.54, 1.807) is 30.3 Å². The zero-order valence-corrected chi connectivity index (χ0v) is 13.2. The van der Waals surface area contributed by atoms with Crippen LogP contribution in [0, 0.1) is 5.82 Å². The number of hydrogen-bond acceptors (Lipinski definition) is 4. The fourth-order valence-corrected chi connectivity index (χ4v) is 3.16. The number of hydrogen-bond donors (Lipinski definition) is 0. The first-order chi connectivity index (χ1) is 11.7. The average Bonchev–Trinajstić information content (AvgIpc) is 3.31. The molecular weight excluding hydrogens is 327 g/mol. The van der Waals surface area contributed by atoms with Crippen LogP contribution in [-0.4, -0.2) is 15.2 Å². The minimum Gasteiger partial charge on any atom is -0.461 e. The first-order valence-corrected chi connectivity index (χ1v) is 8.08. The Labute approximate surface area is 140 Å². The van der Waals surface area contributed by atoms with Crippen LogP contribution in [0.25, 0.3) is 22.3 Å². The van der Waals surface area contributed by atoms with Crippen LogP contribution in [0.2, 0.25) is 0 Å². The molecule has 0 saturated carbocycles. The third-order valence-corrected chi connectivity index (χ3v) is 4.33. The van der Waals surface area contributed by atoms with Crippen LogP contribution in [0.3, 0.4) is 0 Å². The fourth-order valence-electron chi connectivity index (χ4n) is 2.44. The first kappa shape index (κ1) is 14.6. The molecule has 6 heteroatoms. The van der Waals surface area contributed by atoms with Gasteiger partial charge in [0.1, 0.15) is 5.82 Å². The van der Waals surface area contributed by atoms with Gasteiger partial charge in [-0.2, -0.15) is 0 Å². The average molecular weight is 338 g/mol. The number of nitrogens with zero attached hydrogens (tertiary/aromatic N) is 2. The van der Waals surface area contributed by atoms with E-state index in [2.05, 4.69) is 4.98 Å². The number of imidazole rings is 1. The molecular formula is C18H11FN2O2S. The van der Waals surface area contributed by atoms with Crippen LogP contribution in [0.15, 0.2) is 64.7 Å². The lowest BCUT2D eigenvalue weighted by atomic mass is 10.1. The van der Waals surface area contributed by atoms with E-state index in [0.717, 1.165) is 16.2 Å². The molecule has 0 aliphatic heterocycles. The number of rotatable bonds is 4. The number of allylic oxidation sites excluding steroid dienone is 1. The Bertz CT molecular complexity index is 1030. The van der Waals surface area contributed by atoms with Gasteiger partial charge in [-0.1, -0.05) is 0 Å². The number of aromatic nitrogens is 2. The molecule has 0 radical (unpaired) electrons. The number of fused-ring (bicyclic) bond motifs is 1. The summed E-state index contributed by atoms with van der Waals surface area (Å²) in [6.07, 6.45) is 6.50. The van der Waals surface area contributed by atoms with Gasteiger partial charge in [-0.3, -0.25) is 9.20 Å².